The molecule has 1 radical (unpaired) electrons. The first-order valence-corrected chi connectivity index (χ1v) is 3.41. The zero-order chi connectivity index (χ0) is 5.82. The molecule has 0 saturated heterocycles. The van der Waals surface area contributed by atoms with Crippen molar-refractivity contribution in [2.24, 2.45) is 0 Å². The lowest BCUT2D eigenvalue weighted by atomic mass is 10.2. The normalized spacial score (nSPS) is 9.00. The molecule has 1 heterocycles. The molecule has 0 aliphatic carbocycles. The van der Waals surface area contributed by atoms with E-state index in [0.717, 1.165) is 6.42 Å². The Labute approximate surface area is 53.5 Å². The van der Waals surface area contributed by atoms with Gasteiger partial charge in [-0.25, -0.2) is 0 Å². The van der Waals surface area contributed by atoms with Crippen molar-refractivity contribution in [2.75, 3.05) is 0 Å². The van der Waals surface area contributed by atoms with Crippen LogP contribution in [0.15, 0.2) is 23.4 Å². The molecule has 0 N–H and O–H groups in total. The van der Waals surface area contributed by atoms with E-state index in [1.54, 1.807) is 11.3 Å². The fraction of sp³-hybridized carbons (Fsp3) is 0.143. The standard InChI is InChI=1S/C7H7S/c1-2-3-7-4-5-8-6-7/h2,5-6H,1,3H2. The van der Waals surface area contributed by atoms with Gasteiger partial charge in [-0.15, -0.1) is 6.58 Å². The first-order valence-electron chi connectivity index (χ1n) is 2.47. The predicted molar refractivity (Wildman–Crippen MR) is 37.1 cm³/mol. The van der Waals surface area contributed by atoms with Gasteiger partial charge in [-0.05, 0) is 28.8 Å². The Morgan fingerprint density at radius 2 is 2.75 bits per heavy atom. The molecule has 0 aliphatic heterocycles. The Morgan fingerprint density at radius 1 is 1.88 bits per heavy atom. The minimum atomic E-state index is 0.948. The SMILES string of the molecule is C=CCc1[c]csc1. The summed E-state index contributed by atoms with van der Waals surface area (Å²) < 4.78 is 0. The summed E-state index contributed by atoms with van der Waals surface area (Å²) in [6.07, 6.45) is 2.84. The lowest BCUT2D eigenvalue weighted by molar-refractivity contribution is 1.30. The fourth-order valence-corrected chi connectivity index (χ4v) is 1.14. The van der Waals surface area contributed by atoms with Crippen molar-refractivity contribution in [1.82, 2.24) is 0 Å². The van der Waals surface area contributed by atoms with Gasteiger partial charge in [0.1, 0.15) is 0 Å². The highest BCUT2D eigenvalue weighted by Crippen LogP contribution is 2.04. The maximum Gasteiger partial charge on any atom is -0.00113 e. The van der Waals surface area contributed by atoms with Crippen LogP contribution in [0.1, 0.15) is 5.56 Å². The van der Waals surface area contributed by atoms with Crippen molar-refractivity contribution in [2.45, 2.75) is 6.42 Å². The average molecular weight is 123 g/mol. The molecule has 0 bridgehead atoms. The highest BCUT2D eigenvalue weighted by atomic mass is 32.1. The van der Waals surface area contributed by atoms with Gasteiger partial charge in [-0.3, -0.25) is 0 Å². The Balaban J connectivity index is 2.62. The molecule has 0 atom stereocenters. The molecule has 1 aromatic rings. The van der Waals surface area contributed by atoms with Crippen molar-refractivity contribution < 1.29 is 0 Å². The second-order valence-electron chi connectivity index (χ2n) is 1.53. The molecule has 0 fully saturated rings. The Hall–Kier alpha value is -0.560. The summed E-state index contributed by atoms with van der Waals surface area (Å²) in [5, 5.41) is 4.04. The Kier molecular flexibility index (Phi) is 1.86. The van der Waals surface area contributed by atoms with E-state index < -0.39 is 0 Å². The largest absolute Gasteiger partial charge is 0.151 e. The van der Waals surface area contributed by atoms with Crippen LogP contribution >= 0.6 is 11.3 Å². The summed E-state index contributed by atoms with van der Waals surface area (Å²) in [4.78, 5) is 0. The van der Waals surface area contributed by atoms with Crippen LogP contribution in [0.2, 0.25) is 0 Å². The van der Waals surface area contributed by atoms with Crippen LogP contribution in [0.4, 0.5) is 0 Å². The topological polar surface area (TPSA) is 0 Å². The van der Waals surface area contributed by atoms with Crippen molar-refractivity contribution in [3.05, 3.63) is 35.0 Å². The number of hydrogen-bond acceptors (Lipinski definition) is 1. The van der Waals surface area contributed by atoms with Crippen molar-refractivity contribution in [3.63, 3.8) is 0 Å². The molecule has 0 unspecified atom stereocenters. The molecule has 0 aromatic carbocycles. The summed E-state index contributed by atoms with van der Waals surface area (Å²) in [5.74, 6) is 0. The first kappa shape index (κ1) is 5.57. The number of thiophene rings is 1. The lowest BCUT2D eigenvalue weighted by Gasteiger charge is -1.80. The van der Waals surface area contributed by atoms with Gasteiger partial charge in [-0.1, -0.05) is 6.08 Å². The van der Waals surface area contributed by atoms with Gasteiger partial charge in [0.2, 0.25) is 0 Å². The van der Waals surface area contributed by atoms with Gasteiger partial charge in [0.15, 0.2) is 0 Å². The average Bonchev–Trinajstić information content (AvgIpc) is 2.19. The maximum atomic E-state index is 3.62. The van der Waals surface area contributed by atoms with E-state index in [9.17, 15) is 0 Å². The summed E-state index contributed by atoms with van der Waals surface area (Å²) in [6, 6.07) is 3.09. The van der Waals surface area contributed by atoms with E-state index in [-0.39, 0.29) is 0 Å². The van der Waals surface area contributed by atoms with E-state index in [0.29, 0.717) is 0 Å². The van der Waals surface area contributed by atoms with Crippen LogP contribution in [0.3, 0.4) is 0 Å². The van der Waals surface area contributed by atoms with Crippen LogP contribution in [-0.4, -0.2) is 0 Å². The third-order valence-electron chi connectivity index (χ3n) is 0.887. The van der Waals surface area contributed by atoms with Gasteiger partial charge < -0.3 is 0 Å². The van der Waals surface area contributed by atoms with E-state index >= 15 is 0 Å². The molecule has 1 rings (SSSR count). The molecular weight excluding hydrogens is 116 g/mol. The lowest BCUT2D eigenvalue weighted by Crippen LogP contribution is -1.70. The molecule has 1 heteroatoms. The number of hydrogen-bond donors (Lipinski definition) is 0. The van der Waals surface area contributed by atoms with Crippen molar-refractivity contribution >= 4 is 11.3 Å². The monoisotopic (exact) mass is 123 g/mol. The number of rotatable bonds is 2. The van der Waals surface area contributed by atoms with Crippen molar-refractivity contribution in [1.29, 1.82) is 0 Å². The van der Waals surface area contributed by atoms with Crippen LogP contribution in [0.5, 0.6) is 0 Å². The van der Waals surface area contributed by atoms with Crippen LogP contribution in [0.25, 0.3) is 0 Å². The second kappa shape index (κ2) is 2.68. The highest BCUT2D eigenvalue weighted by Gasteiger charge is 1.85. The quantitative estimate of drug-likeness (QED) is 0.529. The smallest absolute Gasteiger partial charge is 0.00113 e. The molecule has 1 aromatic heterocycles. The summed E-state index contributed by atoms with van der Waals surface area (Å²) >= 11 is 1.68. The summed E-state index contributed by atoms with van der Waals surface area (Å²) in [7, 11) is 0. The molecule has 0 nitrogen and oxygen atoms in total. The van der Waals surface area contributed by atoms with Gasteiger partial charge in [0.25, 0.3) is 0 Å². The first-order chi connectivity index (χ1) is 3.93. The van der Waals surface area contributed by atoms with Gasteiger partial charge >= 0.3 is 0 Å². The van der Waals surface area contributed by atoms with Crippen LogP contribution in [-0.2, 0) is 6.42 Å². The van der Waals surface area contributed by atoms with Crippen LogP contribution in [0, 0.1) is 6.07 Å². The number of allylic oxidation sites excluding steroid dienone is 1. The van der Waals surface area contributed by atoms with E-state index in [2.05, 4.69) is 18.0 Å². The highest BCUT2D eigenvalue weighted by molar-refractivity contribution is 7.07. The fourth-order valence-electron chi connectivity index (χ4n) is 0.522. The molecular formula is C7H7S. The molecule has 0 aliphatic rings. The third kappa shape index (κ3) is 1.20. The van der Waals surface area contributed by atoms with Gasteiger partial charge in [0.05, 0.1) is 0 Å². The summed E-state index contributed by atoms with van der Waals surface area (Å²) in [5.41, 5.74) is 1.24. The zero-order valence-electron chi connectivity index (χ0n) is 4.55. The Morgan fingerprint density at radius 3 is 3.25 bits per heavy atom. The molecule has 0 spiro atoms. The molecule has 8 heavy (non-hydrogen) atoms. The minimum Gasteiger partial charge on any atom is -0.151 e. The minimum absolute atomic E-state index is 0.948. The van der Waals surface area contributed by atoms with Gasteiger partial charge in [0, 0.05) is 0 Å². The molecule has 41 valence electrons. The van der Waals surface area contributed by atoms with Gasteiger partial charge in [-0.2, -0.15) is 11.3 Å². The van der Waals surface area contributed by atoms with E-state index in [4.69, 9.17) is 0 Å². The van der Waals surface area contributed by atoms with Crippen LogP contribution < -0.4 is 0 Å². The second-order valence-corrected chi connectivity index (χ2v) is 2.28. The predicted octanol–water partition coefficient (Wildman–Crippen LogP) is 2.28. The van der Waals surface area contributed by atoms with E-state index in [1.807, 2.05) is 11.5 Å². The van der Waals surface area contributed by atoms with E-state index in [1.165, 1.54) is 5.56 Å². The van der Waals surface area contributed by atoms with Crippen molar-refractivity contribution in [3.8, 4) is 0 Å². The third-order valence-corrected chi connectivity index (χ3v) is 1.56. The maximum absolute atomic E-state index is 3.62. The zero-order valence-corrected chi connectivity index (χ0v) is 5.37. The molecule has 0 saturated carbocycles. The summed E-state index contributed by atoms with van der Waals surface area (Å²) in [6.45, 7) is 3.62. The molecule has 0 amide bonds. The Bertz CT molecular complexity index is 151.